The Bertz CT molecular complexity index is 494. The molecule has 1 radical (unpaired) electrons. The van der Waals surface area contributed by atoms with Crippen LogP contribution in [0.1, 0.15) is 0 Å². The van der Waals surface area contributed by atoms with Crippen molar-refractivity contribution in [3.8, 4) is 16.9 Å². The van der Waals surface area contributed by atoms with Crippen molar-refractivity contribution in [3.05, 3.63) is 54.6 Å². The summed E-state index contributed by atoms with van der Waals surface area (Å²) in [6.45, 7) is 0. The normalized spacial score (nSPS) is 9.75. The lowest BCUT2D eigenvalue weighted by Gasteiger charge is -2.07. The number of ether oxygens (including phenoxy) is 1. The highest BCUT2D eigenvalue weighted by Crippen LogP contribution is 2.29. The molecule has 2 aromatic carbocycles. The molecule has 0 aliphatic rings. The van der Waals surface area contributed by atoms with E-state index in [1.54, 1.807) is 12.1 Å². The highest BCUT2D eigenvalue weighted by atomic mass is 16.5. The Hall–Kier alpha value is -2.29. The van der Waals surface area contributed by atoms with Gasteiger partial charge in [-0.25, -0.2) is 10.5 Å². The maximum atomic E-state index is 10.6. The number of carbonyl (C=O) groups excluding carboxylic acids is 1. The van der Waals surface area contributed by atoms with Crippen molar-refractivity contribution in [3.63, 3.8) is 0 Å². The van der Waals surface area contributed by atoms with Crippen LogP contribution in [0.25, 0.3) is 11.1 Å². The fraction of sp³-hybridized carbons (Fsp3) is 0. The Kier molecular flexibility index (Phi) is 2.87. The molecule has 3 heteroatoms. The SMILES string of the molecule is [NH]C(=O)Oc1ccccc1-c1ccccc1. The van der Waals surface area contributed by atoms with E-state index in [-0.39, 0.29) is 0 Å². The number of carbonyl (C=O) groups is 1. The standard InChI is InChI=1S/C13H10NO2/c14-13(15)16-12-9-5-4-8-11(12)10-6-2-1-3-7-10/h1-9,14H. The van der Waals surface area contributed by atoms with Gasteiger partial charge in [0.25, 0.3) is 0 Å². The van der Waals surface area contributed by atoms with Crippen LogP contribution in [0.3, 0.4) is 0 Å². The predicted molar refractivity (Wildman–Crippen MR) is 61.0 cm³/mol. The van der Waals surface area contributed by atoms with Gasteiger partial charge in [-0.1, -0.05) is 48.5 Å². The minimum absolute atomic E-state index is 0.411. The molecule has 0 bridgehead atoms. The number of para-hydroxylation sites is 1. The zero-order chi connectivity index (χ0) is 11.4. The van der Waals surface area contributed by atoms with Crippen molar-refractivity contribution in [2.24, 2.45) is 0 Å². The third-order valence-corrected chi connectivity index (χ3v) is 2.17. The van der Waals surface area contributed by atoms with Gasteiger partial charge < -0.3 is 4.74 Å². The van der Waals surface area contributed by atoms with E-state index in [9.17, 15) is 4.79 Å². The van der Waals surface area contributed by atoms with Crippen molar-refractivity contribution in [2.45, 2.75) is 0 Å². The highest BCUT2D eigenvalue weighted by Gasteiger charge is 2.07. The molecule has 1 N–H and O–H groups in total. The number of hydrogen-bond acceptors (Lipinski definition) is 2. The van der Waals surface area contributed by atoms with E-state index < -0.39 is 6.09 Å². The third-order valence-electron chi connectivity index (χ3n) is 2.17. The Balaban J connectivity index is 2.44. The van der Waals surface area contributed by atoms with Crippen LogP contribution in [0.2, 0.25) is 0 Å². The second kappa shape index (κ2) is 4.49. The molecule has 79 valence electrons. The molecule has 0 atom stereocenters. The Labute approximate surface area is 93.5 Å². The molecule has 0 fully saturated rings. The monoisotopic (exact) mass is 212 g/mol. The molecular formula is C13H10NO2. The molecule has 3 nitrogen and oxygen atoms in total. The number of benzene rings is 2. The quantitative estimate of drug-likeness (QED) is 0.767. The first-order valence-corrected chi connectivity index (χ1v) is 4.85. The molecule has 2 rings (SSSR count). The molecule has 1 amide bonds. The van der Waals surface area contributed by atoms with Gasteiger partial charge in [-0.05, 0) is 11.6 Å². The van der Waals surface area contributed by atoms with Crippen LogP contribution in [0, 0.1) is 0 Å². The first kappa shape index (κ1) is 10.2. The van der Waals surface area contributed by atoms with Crippen LogP contribution in [0.15, 0.2) is 54.6 Å². The molecule has 0 unspecified atom stereocenters. The summed E-state index contributed by atoms with van der Waals surface area (Å²) in [5, 5.41) is 0. The Morgan fingerprint density at radius 2 is 1.56 bits per heavy atom. The van der Waals surface area contributed by atoms with Crippen LogP contribution < -0.4 is 10.5 Å². The summed E-state index contributed by atoms with van der Waals surface area (Å²) >= 11 is 0. The maximum Gasteiger partial charge on any atom is 0.431 e. The number of nitrogens with one attached hydrogen (secondary N) is 1. The molecule has 0 aliphatic heterocycles. The maximum absolute atomic E-state index is 10.6. The molecule has 0 saturated carbocycles. The van der Waals surface area contributed by atoms with Gasteiger partial charge in [-0.3, -0.25) is 0 Å². The summed E-state index contributed by atoms with van der Waals surface area (Å²) in [5.41, 5.74) is 8.58. The molecule has 0 saturated heterocycles. The summed E-state index contributed by atoms with van der Waals surface area (Å²) in [6.07, 6.45) is -1.05. The highest BCUT2D eigenvalue weighted by molar-refractivity contribution is 5.75. The van der Waals surface area contributed by atoms with E-state index in [1.807, 2.05) is 42.5 Å². The first-order chi connectivity index (χ1) is 7.77. The van der Waals surface area contributed by atoms with Crippen molar-refractivity contribution >= 4 is 6.09 Å². The van der Waals surface area contributed by atoms with Crippen LogP contribution in [0.5, 0.6) is 5.75 Å². The van der Waals surface area contributed by atoms with Gasteiger partial charge in [0, 0.05) is 5.56 Å². The van der Waals surface area contributed by atoms with Crippen LogP contribution in [-0.2, 0) is 0 Å². The molecular weight excluding hydrogens is 202 g/mol. The van der Waals surface area contributed by atoms with Gasteiger partial charge in [-0.2, -0.15) is 0 Å². The zero-order valence-corrected chi connectivity index (χ0v) is 8.51. The van der Waals surface area contributed by atoms with E-state index in [4.69, 9.17) is 10.5 Å². The molecule has 0 aromatic heterocycles. The Morgan fingerprint density at radius 3 is 2.25 bits per heavy atom. The van der Waals surface area contributed by atoms with E-state index in [2.05, 4.69) is 0 Å². The topological polar surface area (TPSA) is 50.1 Å². The van der Waals surface area contributed by atoms with Crippen LogP contribution in [0.4, 0.5) is 4.79 Å². The van der Waals surface area contributed by atoms with Gasteiger partial charge >= 0.3 is 6.09 Å². The summed E-state index contributed by atoms with van der Waals surface area (Å²) < 4.78 is 4.83. The van der Waals surface area contributed by atoms with E-state index in [0.717, 1.165) is 11.1 Å². The lowest BCUT2D eigenvalue weighted by Crippen LogP contribution is -2.06. The summed E-state index contributed by atoms with van der Waals surface area (Å²) in [6, 6.07) is 16.8. The summed E-state index contributed by atoms with van der Waals surface area (Å²) in [4.78, 5) is 10.6. The number of hydrogen-bond donors (Lipinski definition) is 0. The van der Waals surface area contributed by atoms with Crippen molar-refractivity contribution in [1.82, 2.24) is 5.73 Å². The minimum Gasteiger partial charge on any atom is -0.408 e. The minimum atomic E-state index is -1.05. The van der Waals surface area contributed by atoms with Gasteiger partial charge in [-0.15, -0.1) is 0 Å². The fourth-order valence-electron chi connectivity index (χ4n) is 1.51. The third kappa shape index (κ3) is 2.20. The fourth-order valence-corrected chi connectivity index (χ4v) is 1.51. The average Bonchev–Trinajstić information content (AvgIpc) is 2.30. The average molecular weight is 212 g/mol. The van der Waals surface area contributed by atoms with Crippen molar-refractivity contribution in [2.75, 3.05) is 0 Å². The lowest BCUT2D eigenvalue weighted by atomic mass is 10.1. The smallest absolute Gasteiger partial charge is 0.408 e. The largest absolute Gasteiger partial charge is 0.431 e. The first-order valence-electron chi connectivity index (χ1n) is 4.85. The van der Waals surface area contributed by atoms with Gasteiger partial charge in [0.1, 0.15) is 5.75 Å². The molecule has 0 heterocycles. The predicted octanol–water partition coefficient (Wildman–Crippen LogP) is 3.14. The van der Waals surface area contributed by atoms with E-state index in [0.29, 0.717) is 5.75 Å². The Morgan fingerprint density at radius 1 is 0.938 bits per heavy atom. The summed E-state index contributed by atoms with van der Waals surface area (Å²) in [5.74, 6) is 0.411. The van der Waals surface area contributed by atoms with Crippen molar-refractivity contribution in [1.29, 1.82) is 0 Å². The molecule has 2 aromatic rings. The van der Waals surface area contributed by atoms with Crippen LogP contribution in [-0.4, -0.2) is 6.09 Å². The second-order valence-corrected chi connectivity index (χ2v) is 3.25. The number of amides is 1. The van der Waals surface area contributed by atoms with Gasteiger partial charge in [0.15, 0.2) is 0 Å². The van der Waals surface area contributed by atoms with Crippen molar-refractivity contribution < 1.29 is 9.53 Å². The van der Waals surface area contributed by atoms with Crippen LogP contribution >= 0.6 is 0 Å². The number of rotatable bonds is 2. The van der Waals surface area contributed by atoms with Gasteiger partial charge in [0.2, 0.25) is 0 Å². The van der Waals surface area contributed by atoms with E-state index in [1.165, 1.54) is 0 Å². The molecule has 0 aliphatic carbocycles. The second-order valence-electron chi connectivity index (χ2n) is 3.25. The zero-order valence-electron chi connectivity index (χ0n) is 8.51. The summed E-state index contributed by atoms with van der Waals surface area (Å²) in [7, 11) is 0. The van der Waals surface area contributed by atoms with E-state index >= 15 is 0 Å². The van der Waals surface area contributed by atoms with Gasteiger partial charge in [0.05, 0.1) is 0 Å². The molecule has 16 heavy (non-hydrogen) atoms. The molecule has 0 spiro atoms. The lowest BCUT2D eigenvalue weighted by molar-refractivity contribution is 0.209.